The Labute approximate surface area is 160 Å². The van der Waals surface area contributed by atoms with E-state index in [9.17, 15) is 19.7 Å². The molecule has 1 aromatic heterocycles. The third kappa shape index (κ3) is 3.78. The summed E-state index contributed by atoms with van der Waals surface area (Å²) in [7, 11) is 0. The van der Waals surface area contributed by atoms with Crippen molar-refractivity contribution in [1.29, 1.82) is 0 Å². The van der Waals surface area contributed by atoms with Gasteiger partial charge in [-0.3, -0.25) is 14.9 Å². The maximum Gasteiger partial charge on any atom is 0.322 e. The van der Waals surface area contributed by atoms with E-state index < -0.39 is 16.9 Å². The van der Waals surface area contributed by atoms with Crippen LogP contribution in [0.3, 0.4) is 0 Å². The number of nitro benzene ring substituents is 1. The van der Waals surface area contributed by atoms with Crippen molar-refractivity contribution in [3.63, 3.8) is 0 Å². The van der Waals surface area contributed by atoms with Gasteiger partial charge in [0.25, 0.3) is 11.6 Å². The first-order valence-electron chi connectivity index (χ1n) is 8.40. The zero-order chi connectivity index (χ0) is 20.3. The first kappa shape index (κ1) is 18.9. The van der Waals surface area contributed by atoms with E-state index in [4.69, 9.17) is 10.9 Å². The molecule has 1 aliphatic rings. The molecule has 28 heavy (non-hydrogen) atoms. The molecule has 0 aliphatic carbocycles. The van der Waals surface area contributed by atoms with Crippen LogP contribution in [0.15, 0.2) is 22.7 Å². The Balaban J connectivity index is 1.73. The minimum Gasteiger partial charge on any atom is -0.360 e. The van der Waals surface area contributed by atoms with E-state index in [1.54, 1.807) is 19.1 Å². The maximum atomic E-state index is 12.6. The SMILES string of the molecule is C#CCNC(=O)c1noc2c1CN(C(=O)Nc1ccc(C)c([N+](=O)[O-])c1)CC2. The summed E-state index contributed by atoms with van der Waals surface area (Å²) in [6, 6.07) is 4.02. The van der Waals surface area contributed by atoms with Crippen LogP contribution in [0.1, 0.15) is 27.4 Å². The standard InChI is InChI=1S/C18H17N5O5/c1-3-7-19-17(24)16-13-10-22(8-6-15(13)28-21-16)18(25)20-12-5-4-11(2)14(9-12)23(26)27/h1,4-5,9H,6-8,10H2,2H3,(H,19,24)(H,20,25). The number of anilines is 1. The number of nitrogens with zero attached hydrogens (tertiary/aromatic N) is 3. The summed E-state index contributed by atoms with van der Waals surface area (Å²) < 4.78 is 5.19. The highest BCUT2D eigenvalue weighted by Crippen LogP contribution is 2.25. The molecule has 0 bridgehead atoms. The Bertz CT molecular complexity index is 991. The number of aromatic nitrogens is 1. The van der Waals surface area contributed by atoms with Crippen LogP contribution in [0.2, 0.25) is 0 Å². The van der Waals surface area contributed by atoms with Crippen molar-refractivity contribution in [2.75, 3.05) is 18.4 Å². The van der Waals surface area contributed by atoms with Crippen molar-refractivity contribution in [3.8, 4) is 12.3 Å². The van der Waals surface area contributed by atoms with Crippen molar-refractivity contribution < 1.29 is 19.0 Å². The molecule has 1 aromatic carbocycles. The van der Waals surface area contributed by atoms with Gasteiger partial charge < -0.3 is 20.1 Å². The summed E-state index contributed by atoms with van der Waals surface area (Å²) in [5.74, 6) is 2.37. The molecule has 2 aromatic rings. The Kier molecular flexibility index (Phi) is 5.26. The van der Waals surface area contributed by atoms with Gasteiger partial charge in [0.2, 0.25) is 0 Å². The van der Waals surface area contributed by atoms with E-state index in [-0.39, 0.29) is 24.5 Å². The molecular weight excluding hydrogens is 366 g/mol. The molecule has 0 unspecified atom stereocenters. The van der Waals surface area contributed by atoms with Gasteiger partial charge in [-0.1, -0.05) is 17.1 Å². The van der Waals surface area contributed by atoms with E-state index in [0.717, 1.165) is 0 Å². The normalized spacial score (nSPS) is 12.6. The Hall–Kier alpha value is -3.87. The van der Waals surface area contributed by atoms with Crippen molar-refractivity contribution in [3.05, 3.63) is 50.9 Å². The summed E-state index contributed by atoms with van der Waals surface area (Å²) in [5.41, 5.74) is 1.34. The summed E-state index contributed by atoms with van der Waals surface area (Å²) in [4.78, 5) is 36.7. The fourth-order valence-corrected chi connectivity index (χ4v) is 2.86. The molecule has 10 nitrogen and oxygen atoms in total. The molecule has 3 amide bonds. The first-order chi connectivity index (χ1) is 13.4. The van der Waals surface area contributed by atoms with Gasteiger partial charge in [0, 0.05) is 35.8 Å². The molecule has 144 valence electrons. The number of carbonyl (C=O) groups excluding carboxylic acids is 2. The number of urea groups is 1. The minimum atomic E-state index is -0.504. The van der Waals surface area contributed by atoms with E-state index in [1.165, 1.54) is 11.0 Å². The van der Waals surface area contributed by atoms with E-state index in [2.05, 4.69) is 21.7 Å². The zero-order valence-corrected chi connectivity index (χ0v) is 15.0. The Morgan fingerprint density at radius 2 is 2.25 bits per heavy atom. The lowest BCUT2D eigenvalue weighted by Gasteiger charge is -2.26. The van der Waals surface area contributed by atoms with Crippen molar-refractivity contribution in [2.45, 2.75) is 19.9 Å². The van der Waals surface area contributed by atoms with Gasteiger partial charge >= 0.3 is 6.03 Å². The smallest absolute Gasteiger partial charge is 0.322 e. The Morgan fingerprint density at radius 1 is 1.46 bits per heavy atom. The van der Waals surface area contributed by atoms with E-state index in [0.29, 0.717) is 35.5 Å². The number of rotatable bonds is 4. The minimum absolute atomic E-state index is 0.0525. The van der Waals surface area contributed by atoms with Crippen LogP contribution >= 0.6 is 0 Å². The number of fused-ring (bicyclic) bond motifs is 1. The molecule has 0 fully saturated rings. The quantitative estimate of drug-likeness (QED) is 0.471. The summed E-state index contributed by atoms with van der Waals surface area (Å²) in [6.07, 6.45) is 5.52. The number of nitrogens with one attached hydrogen (secondary N) is 2. The number of aryl methyl sites for hydroxylation is 1. The summed E-state index contributed by atoms with van der Waals surface area (Å²) in [5, 5.41) is 20.0. The van der Waals surface area contributed by atoms with Crippen LogP contribution in [-0.2, 0) is 13.0 Å². The molecule has 0 atom stereocenters. The average Bonchev–Trinajstić information content (AvgIpc) is 3.10. The highest BCUT2D eigenvalue weighted by molar-refractivity contribution is 5.94. The molecule has 1 aliphatic heterocycles. The average molecular weight is 383 g/mol. The van der Waals surface area contributed by atoms with Crippen LogP contribution in [0, 0.1) is 29.4 Å². The van der Waals surface area contributed by atoms with Gasteiger partial charge in [0.05, 0.1) is 18.0 Å². The number of hydrogen-bond donors (Lipinski definition) is 2. The monoisotopic (exact) mass is 383 g/mol. The number of carbonyl (C=O) groups is 2. The highest BCUT2D eigenvalue weighted by atomic mass is 16.6. The third-order valence-corrected chi connectivity index (χ3v) is 4.34. The van der Waals surface area contributed by atoms with Crippen LogP contribution < -0.4 is 10.6 Å². The van der Waals surface area contributed by atoms with Crippen LogP contribution in [-0.4, -0.2) is 40.0 Å². The lowest BCUT2D eigenvalue weighted by atomic mass is 10.1. The molecule has 0 spiro atoms. The second kappa shape index (κ2) is 7.79. The fraction of sp³-hybridized carbons (Fsp3) is 0.278. The highest BCUT2D eigenvalue weighted by Gasteiger charge is 2.29. The summed E-state index contributed by atoms with van der Waals surface area (Å²) in [6.45, 7) is 2.15. The van der Waals surface area contributed by atoms with E-state index in [1.807, 2.05) is 0 Å². The molecule has 2 heterocycles. The van der Waals surface area contributed by atoms with Crippen LogP contribution in [0.25, 0.3) is 0 Å². The molecule has 0 saturated carbocycles. The molecule has 0 saturated heterocycles. The van der Waals surface area contributed by atoms with Gasteiger partial charge in [-0.15, -0.1) is 6.42 Å². The second-order valence-electron chi connectivity index (χ2n) is 6.18. The molecule has 10 heteroatoms. The lowest BCUT2D eigenvalue weighted by molar-refractivity contribution is -0.385. The van der Waals surface area contributed by atoms with Crippen LogP contribution in [0.5, 0.6) is 0 Å². The number of terminal acetylenes is 1. The van der Waals surface area contributed by atoms with Gasteiger partial charge in [0.1, 0.15) is 5.76 Å². The van der Waals surface area contributed by atoms with Crippen LogP contribution in [0.4, 0.5) is 16.2 Å². The Morgan fingerprint density at radius 3 is 2.96 bits per heavy atom. The van der Waals surface area contributed by atoms with Gasteiger partial charge in [-0.05, 0) is 13.0 Å². The molecule has 0 radical (unpaired) electrons. The second-order valence-corrected chi connectivity index (χ2v) is 6.18. The number of benzene rings is 1. The predicted molar refractivity (Wildman–Crippen MR) is 98.6 cm³/mol. The molecular formula is C18H17N5O5. The summed E-state index contributed by atoms with van der Waals surface area (Å²) >= 11 is 0. The van der Waals surface area contributed by atoms with Gasteiger partial charge in [-0.25, -0.2) is 4.79 Å². The molecule has 2 N–H and O–H groups in total. The van der Waals surface area contributed by atoms with Gasteiger partial charge in [-0.2, -0.15) is 0 Å². The maximum absolute atomic E-state index is 12.6. The third-order valence-electron chi connectivity index (χ3n) is 4.34. The van der Waals surface area contributed by atoms with Crippen molar-refractivity contribution >= 4 is 23.3 Å². The largest absolute Gasteiger partial charge is 0.360 e. The molecule has 3 rings (SSSR count). The number of amides is 3. The van der Waals surface area contributed by atoms with Crippen molar-refractivity contribution in [1.82, 2.24) is 15.4 Å². The lowest BCUT2D eigenvalue weighted by Crippen LogP contribution is -2.39. The van der Waals surface area contributed by atoms with Gasteiger partial charge in [0.15, 0.2) is 5.69 Å². The topological polar surface area (TPSA) is 131 Å². The number of hydrogen-bond acceptors (Lipinski definition) is 6. The van der Waals surface area contributed by atoms with E-state index >= 15 is 0 Å². The predicted octanol–water partition coefficient (Wildman–Crippen LogP) is 1.84. The zero-order valence-electron chi connectivity index (χ0n) is 15.0. The fourth-order valence-electron chi connectivity index (χ4n) is 2.86. The number of nitro groups is 1. The first-order valence-corrected chi connectivity index (χ1v) is 8.40. The van der Waals surface area contributed by atoms with Crippen molar-refractivity contribution in [2.24, 2.45) is 0 Å².